The van der Waals surface area contributed by atoms with Crippen LogP contribution in [0.2, 0.25) is 0 Å². The van der Waals surface area contributed by atoms with Crippen molar-refractivity contribution in [2.45, 2.75) is 52.0 Å². The number of benzene rings is 1. The summed E-state index contributed by atoms with van der Waals surface area (Å²) in [5.41, 5.74) is 3.00. The lowest BCUT2D eigenvalue weighted by Crippen LogP contribution is -2.43. The SMILES string of the molecule is CC1CCCC(C)C1NCCCN1CCc2ccccc21. The Labute approximate surface area is 129 Å². The first kappa shape index (κ1) is 14.9. The van der Waals surface area contributed by atoms with Crippen LogP contribution in [0, 0.1) is 11.8 Å². The highest BCUT2D eigenvalue weighted by atomic mass is 15.1. The van der Waals surface area contributed by atoms with Gasteiger partial charge in [-0.25, -0.2) is 0 Å². The molecule has 2 nitrogen and oxygen atoms in total. The molecule has 2 unspecified atom stereocenters. The van der Waals surface area contributed by atoms with Crippen LogP contribution in [0.25, 0.3) is 0 Å². The quantitative estimate of drug-likeness (QED) is 0.827. The zero-order valence-corrected chi connectivity index (χ0v) is 13.6. The van der Waals surface area contributed by atoms with Gasteiger partial charge in [0.1, 0.15) is 0 Å². The molecule has 3 rings (SSSR count). The van der Waals surface area contributed by atoms with Gasteiger partial charge in [-0.2, -0.15) is 0 Å². The van der Waals surface area contributed by atoms with Crippen molar-refractivity contribution in [3.05, 3.63) is 29.8 Å². The van der Waals surface area contributed by atoms with Crippen molar-refractivity contribution in [3.8, 4) is 0 Å². The average Bonchev–Trinajstić information content (AvgIpc) is 2.89. The third-order valence-corrected chi connectivity index (χ3v) is 5.51. The van der Waals surface area contributed by atoms with Crippen LogP contribution in [-0.2, 0) is 6.42 Å². The van der Waals surface area contributed by atoms with Crippen molar-refractivity contribution in [2.75, 3.05) is 24.5 Å². The molecule has 0 saturated heterocycles. The molecule has 0 spiro atoms. The van der Waals surface area contributed by atoms with E-state index in [-0.39, 0.29) is 0 Å². The molecule has 2 aliphatic rings. The first-order valence-electron chi connectivity index (χ1n) is 8.82. The molecule has 1 aromatic carbocycles. The minimum absolute atomic E-state index is 0.740. The van der Waals surface area contributed by atoms with Gasteiger partial charge >= 0.3 is 0 Å². The van der Waals surface area contributed by atoms with Crippen molar-refractivity contribution in [1.29, 1.82) is 0 Å². The van der Waals surface area contributed by atoms with Gasteiger partial charge in [0.2, 0.25) is 0 Å². The van der Waals surface area contributed by atoms with Gasteiger partial charge in [0.25, 0.3) is 0 Å². The van der Waals surface area contributed by atoms with E-state index in [9.17, 15) is 0 Å². The van der Waals surface area contributed by atoms with E-state index in [1.165, 1.54) is 56.4 Å². The Morgan fingerprint density at radius 3 is 2.71 bits per heavy atom. The summed E-state index contributed by atoms with van der Waals surface area (Å²) in [5.74, 6) is 1.70. The van der Waals surface area contributed by atoms with Crippen LogP contribution < -0.4 is 10.2 Å². The molecule has 0 aromatic heterocycles. The van der Waals surface area contributed by atoms with E-state index >= 15 is 0 Å². The molecular formula is C19H30N2. The Balaban J connectivity index is 1.43. The van der Waals surface area contributed by atoms with Crippen molar-refractivity contribution >= 4 is 5.69 Å². The second-order valence-electron chi connectivity index (χ2n) is 7.08. The molecule has 1 saturated carbocycles. The standard InChI is InChI=1S/C19H30N2/c1-15-7-5-8-16(2)19(15)20-12-6-13-21-14-11-17-9-3-4-10-18(17)21/h3-4,9-10,15-16,19-20H,5-8,11-14H2,1-2H3. The monoisotopic (exact) mass is 286 g/mol. The first-order valence-corrected chi connectivity index (χ1v) is 8.82. The van der Waals surface area contributed by atoms with E-state index in [2.05, 4.69) is 48.3 Å². The summed E-state index contributed by atoms with van der Waals surface area (Å²) in [6, 6.07) is 9.63. The van der Waals surface area contributed by atoms with Crippen molar-refractivity contribution < 1.29 is 0 Å². The van der Waals surface area contributed by atoms with E-state index in [1.807, 2.05) is 0 Å². The molecule has 1 N–H and O–H groups in total. The predicted molar refractivity (Wildman–Crippen MR) is 90.9 cm³/mol. The Kier molecular flexibility index (Phi) is 4.84. The molecular weight excluding hydrogens is 256 g/mol. The Hall–Kier alpha value is -1.02. The van der Waals surface area contributed by atoms with Crippen LogP contribution in [0.15, 0.2) is 24.3 Å². The fourth-order valence-electron chi connectivity index (χ4n) is 4.26. The summed E-state index contributed by atoms with van der Waals surface area (Å²) in [6.07, 6.45) is 6.71. The molecule has 1 heterocycles. The zero-order valence-electron chi connectivity index (χ0n) is 13.6. The minimum Gasteiger partial charge on any atom is -0.371 e. The van der Waals surface area contributed by atoms with Gasteiger partial charge in [0.15, 0.2) is 0 Å². The number of hydrogen-bond donors (Lipinski definition) is 1. The molecule has 2 atom stereocenters. The van der Waals surface area contributed by atoms with E-state index < -0.39 is 0 Å². The highest BCUT2D eigenvalue weighted by Gasteiger charge is 2.26. The molecule has 1 fully saturated rings. The van der Waals surface area contributed by atoms with Crippen LogP contribution in [0.1, 0.15) is 45.1 Å². The van der Waals surface area contributed by atoms with Crippen LogP contribution >= 0.6 is 0 Å². The van der Waals surface area contributed by atoms with Crippen LogP contribution in [0.5, 0.6) is 0 Å². The summed E-state index contributed by atoms with van der Waals surface area (Å²) < 4.78 is 0. The van der Waals surface area contributed by atoms with Gasteiger partial charge in [-0.1, -0.05) is 38.5 Å². The summed E-state index contributed by atoms with van der Waals surface area (Å²) in [5, 5.41) is 3.84. The number of anilines is 1. The van der Waals surface area contributed by atoms with Crippen molar-refractivity contribution in [2.24, 2.45) is 11.8 Å². The smallest absolute Gasteiger partial charge is 0.0399 e. The lowest BCUT2D eigenvalue weighted by Gasteiger charge is -2.35. The van der Waals surface area contributed by atoms with E-state index in [0.29, 0.717) is 0 Å². The van der Waals surface area contributed by atoms with Gasteiger partial charge in [0.05, 0.1) is 0 Å². The number of fused-ring (bicyclic) bond motifs is 1. The molecule has 2 heteroatoms. The van der Waals surface area contributed by atoms with E-state index in [1.54, 1.807) is 0 Å². The van der Waals surface area contributed by atoms with E-state index in [4.69, 9.17) is 0 Å². The predicted octanol–water partition coefficient (Wildman–Crippen LogP) is 3.85. The maximum absolute atomic E-state index is 3.84. The molecule has 1 aliphatic heterocycles. The second kappa shape index (κ2) is 6.83. The first-order chi connectivity index (χ1) is 10.3. The summed E-state index contributed by atoms with van der Waals surface area (Å²) in [6.45, 7) is 8.40. The number of nitrogens with zero attached hydrogens (tertiary/aromatic N) is 1. The lowest BCUT2D eigenvalue weighted by atomic mass is 9.79. The van der Waals surface area contributed by atoms with Gasteiger partial charge in [0, 0.05) is 24.8 Å². The van der Waals surface area contributed by atoms with Crippen LogP contribution in [0.3, 0.4) is 0 Å². The Morgan fingerprint density at radius 1 is 1.14 bits per heavy atom. The van der Waals surface area contributed by atoms with Crippen molar-refractivity contribution in [1.82, 2.24) is 5.32 Å². The van der Waals surface area contributed by atoms with Crippen molar-refractivity contribution in [3.63, 3.8) is 0 Å². The van der Waals surface area contributed by atoms with Gasteiger partial charge < -0.3 is 10.2 Å². The fourth-order valence-corrected chi connectivity index (χ4v) is 4.26. The van der Waals surface area contributed by atoms with E-state index in [0.717, 1.165) is 24.4 Å². The maximum atomic E-state index is 3.84. The molecule has 21 heavy (non-hydrogen) atoms. The van der Waals surface area contributed by atoms with Gasteiger partial charge in [-0.3, -0.25) is 0 Å². The lowest BCUT2D eigenvalue weighted by molar-refractivity contribution is 0.209. The number of hydrogen-bond acceptors (Lipinski definition) is 2. The molecule has 1 aromatic rings. The topological polar surface area (TPSA) is 15.3 Å². The molecule has 0 radical (unpaired) electrons. The number of rotatable bonds is 5. The Bertz CT molecular complexity index is 447. The average molecular weight is 286 g/mol. The largest absolute Gasteiger partial charge is 0.371 e. The highest BCUT2D eigenvalue weighted by molar-refractivity contribution is 5.57. The molecule has 116 valence electrons. The van der Waals surface area contributed by atoms with Gasteiger partial charge in [-0.05, 0) is 55.7 Å². The number of para-hydroxylation sites is 1. The third-order valence-electron chi connectivity index (χ3n) is 5.51. The number of nitrogens with one attached hydrogen (secondary N) is 1. The fraction of sp³-hybridized carbons (Fsp3) is 0.684. The molecule has 1 aliphatic carbocycles. The third kappa shape index (κ3) is 3.42. The summed E-state index contributed by atoms with van der Waals surface area (Å²) in [4.78, 5) is 2.56. The van der Waals surface area contributed by atoms with Crippen LogP contribution in [-0.4, -0.2) is 25.7 Å². The normalized spacial score (nSPS) is 28.7. The van der Waals surface area contributed by atoms with Crippen LogP contribution in [0.4, 0.5) is 5.69 Å². The zero-order chi connectivity index (χ0) is 14.7. The molecule has 0 bridgehead atoms. The maximum Gasteiger partial charge on any atom is 0.0399 e. The summed E-state index contributed by atoms with van der Waals surface area (Å²) >= 11 is 0. The molecule has 0 amide bonds. The summed E-state index contributed by atoms with van der Waals surface area (Å²) in [7, 11) is 0. The second-order valence-corrected chi connectivity index (χ2v) is 7.08. The highest BCUT2D eigenvalue weighted by Crippen LogP contribution is 2.29. The Morgan fingerprint density at radius 2 is 1.90 bits per heavy atom. The van der Waals surface area contributed by atoms with Gasteiger partial charge in [-0.15, -0.1) is 0 Å². The minimum atomic E-state index is 0.740.